The van der Waals surface area contributed by atoms with Crippen molar-refractivity contribution >= 4 is 21.7 Å². The molecule has 0 bridgehead atoms. The Hall–Kier alpha value is -2.71. The van der Waals surface area contributed by atoms with E-state index in [9.17, 15) is 18.0 Å². The van der Waals surface area contributed by atoms with Crippen LogP contribution in [0, 0.1) is 11.8 Å². The van der Waals surface area contributed by atoms with Crippen LogP contribution in [0.15, 0.2) is 47.4 Å². The lowest BCUT2D eigenvalue weighted by molar-refractivity contribution is -0.141. The molecule has 0 radical (unpaired) electrons. The molecule has 39 heavy (non-hydrogen) atoms. The van der Waals surface area contributed by atoms with Crippen molar-refractivity contribution < 1.29 is 22.7 Å². The summed E-state index contributed by atoms with van der Waals surface area (Å²) in [6, 6.07) is 12.0. The molecule has 1 heterocycles. The summed E-state index contributed by atoms with van der Waals surface area (Å²) in [5.41, 5.74) is 3.69. The van der Waals surface area contributed by atoms with Gasteiger partial charge in [-0.05, 0) is 72.1 Å². The fraction of sp³-hybridized carbons (Fsp3) is 0.548. The highest BCUT2D eigenvalue weighted by molar-refractivity contribution is 7.91. The summed E-state index contributed by atoms with van der Waals surface area (Å²) < 4.78 is 29.3. The van der Waals surface area contributed by atoms with Crippen molar-refractivity contribution in [1.82, 2.24) is 10.2 Å². The fourth-order valence-electron chi connectivity index (χ4n) is 6.07. The van der Waals surface area contributed by atoms with E-state index in [4.69, 9.17) is 4.74 Å². The second-order valence-electron chi connectivity index (χ2n) is 11.2. The number of hydrogen-bond acceptors (Lipinski definition) is 6. The summed E-state index contributed by atoms with van der Waals surface area (Å²) in [4.78, 5) is 28.3. The molecule has 8 heteroatoms. The van der Waals surface area contributed by atoms with Crippen LogP contribution in [0.2, 0.25) is 0 Å². The number of benzene rings is 2. The number of fused-ring (bicyclic) bond motifs is 1. The molecule has 7 nitrogen and oxygen atoms in total. The van der Waals surface area contributed by atoms with Crippen LogP contribution in [-0.4, -0.2) is 44.6 Å². The lowest BCUT2D eigenvalue weighted by Gasteiger charge is -2.32. The van der Waals surface area contributed by atoms with Gasteiger partial charge < -0.3 is 10.1 Å². The molecule has 1 aliphatic heterocycles. The first kappa shape index (κ1) is 29.3. The lowest BCUT2D eigenvalue weighted by atomic mass is 9.82. The standard InChI is InChI=1S/C31H42N2O5S/c1-5-29-27-16-13-24(17-25(27)20-33(29)19-22-9-7-21(3)8-10-22)31(35)32-28(18-30(34)38-4)23-11-14-26(15-12-23)39(36,37)6-2/h11-17,21-22,28-29H,5-10,18-20H2,1-4H3,(H,32,35)/t21?,22?,28-,29-/m0/s1. The zero-order valence-electron chi connectivity index (χ0n) is 23.6. The fourth-order valence-corrected chi connectivity index (χ4v) is 6.95. The molecule has 1 amide bonds. The van der Waals surface area contributed by atoms with E-state index in [0.717, 1.165) is 31.3 Å². The SMILES string of the molecule is CC[C@H]1c2ccc(C(=O)N[C@@H](CC(=O)OC)c3ccc(S(=O)(=O)CC)cc3)cc2CN1CC1CCC(C)CC1. The van der Waals surface area contributed by atoms with E-state index >= 15 is 0 Å². The number of amides is 1. The third kappa shape index (κ3) is 6.90. The molecule has 0 aromatic heterocycles. The summed E-state index contributed by atoms with van der Waals surface area (Å²) in [6.07, 6.45) is 6.20. The highest BCUT2D eigenvalue weighted by Crippen LogP contribution is 2.39. The number of sulfone groups is 1. The summed E-state index contributed by atoms with van der Waals surface area (Å²) in [7, 11) is -2.04. The van der Waals surface area contributed by atoms with Gasteiger partial charge in [-0.25, -0.2) is 8.42 Å². The van der Waals surface area contributed by atoms with E-state index in [0.29, 0.717) is 17.2 Å². The summed E-state index contributed by atoms with van der Waals surface area (Å²) in [5.74, 6) is 0.849. The maximum atomic E-state index is 13.4. The van der Waals surface area contributed by atoms with Crippen molar-refractivity contribution in [3.05, 3.63) is 64.7 Å². The molecule has 2 atom stereocenters. The number of hydrogen-bond donors (Lipinski definition) is 1. The predicted molar refractivity (Wildman–Crippen MR) is 152 cm³/mol. The smallest absolute Gasteiger partial charge is 0.307 e. The first-order valence-corrected chi connectivity index (χ1v) is 15.9. The quantitative estimate of drug-likeness (QED) is 0.384. The largest absolute Gasteiger partial charge is 0.469 e. The Balaban J connectivity index is 1.49. The summed E-state index contributed by atoms with van der Waals surface area (Å²) in [5, 5.41) is 2.98. The van der Waals surface area contributed by atoms with Crippen molar-refractivity contribution in [2.75, 3.05) is 19.4 Å². The first-order valence-electron chi connectivity index (χ1n) is 14.2. The number of carbonyl (C=O) groups excluding carboxylic acids is 2. The second-order valence-corrected chi connectivity index (χ2v) is 13.4. The molecule has 2 aromatic rings. The number of esters is 1. The van der Waals surface area contributed by atoms with Gasteiger partial charge in [0.1, 0.15) is 0 Å². The van der Waals surface area contributed by atoms with Gasteiger partial charge in [0, 0.05) is 24.7 Å². The topological polar surface area (TPSA) is 92.8 Å². The van der Waals surface area contributed by atoms with Crippen molar-refractivity contribution in [2.24, 2.45) is 11.8 Å². The molecule has 0 spiro atoms. The Labute approximate surface area is 233 Å². The van der Waals surface area contributed by atoms with Crippen LogP contribution in [0.1, 0.15) is 98.4 Å². The van der Waals surface area contributed by atoms with Crippen molar-refractivity contribution in [3.8, 4) is 0 Å². The molecule has 0 unspecified atom stereocenters. The number of ether oxygens (including phenoxy) is 1. The number of methoxy groups -OCH3 is 1. The summed E-state index contributed by atoms with van der Waals surface area (Å²) >= 11 is 0. The highest BCUT2D eigenvalue weighted by Gasteiger charge is 2.32. The minimum absolute atomic E-state index is 0.00315. The predicted octanol–water partition coefficient (Wildman–Crippen LogP) is 5.61. The third-order valence-corrected chi connectivity index (χ3v) is 10.3. The van der Waals surface area contributed by atoms with Crippen LogP contribution in [-0.2, 0) is 25.9 Å². The van der Waals surface area contributed by atoms with Crippen LogP contribution in [0.25, 0.3) is 0 Å². The number of rotatable bonds is 10. The van der Waals surface area contributed by atoms with Gasteiger partial charge in [0.05, 0.1) is 30.2 Å². The number of nitrogens with one attached hydrogen (secondary N) is 1. The Bertz CT molecular complexity index is 1270. The van der Waals surface area contributed by atoms with E-state index in [2.05, 4.69) is 30.1 Å². The maximum absolute atomic E-state index is 13.4. The third-order valence-electron chi connectivity index (χ3n) is 8.52. The van der Waals surface area contributed by atoms with Crippen LogP contribution >= 0.6 is 0 Å². The van der Waals surface area contributed by atoms with E-state index in [-0.39, 0.29) is 23.0 Å². The van der Waals surface area contributed by atoms with Gasteiger partial charge in [-0.1, -0.05) is 51.8 Å². The Kier molecular flexibility index (Phi) is 9.49. The molecule has 2 aromatic carbocycles. The molecular weight excluding hydrogens is 512 g/mol. The van der Waals surface area contributed by atoms with Gasteiger partial charge in [-0.3, -0.25) is 14.5 Å². The van der Waals surface area contributed by atoms with Crippen molar-refractivity contribution in [3.63, 3.8) is 0 Å². The van der Waals surface area contributed by atoms with E-state index < -0.39 is 21.8 Å². The average Bonchev–Trinajstić information content (AvgIpc) is 3.29. The van der Waals surface area contributed by atoms with Crippen LogP contribution in [0.3, 0.4) is 0 Å². The van der Waals surface area contributed by atoms with Crippen LogP contribution < -0.4 is 5.32 Å². The molecule has 1 fully saturated rings. The average molecular weight is 555 g/mol. The Morgan fingerprint density at radius 3 is 2.36 bits per heavy atom. The number of carbonyl (C=O) groups is 2. The maximum Gasteiger partial charge on any atom is 0.307 e. The molecule has 4 rings (SSSR count). The van der Waals surface area contributed by atoms with Crippen LogP contribution in [0.5, 0.6) is 0 Å². The number of nitrogens with zero attached hydrogens (tertiary/aromatic N) is 1. The minimum Gasteiger partial charge on any atom is -0.469 e. The monoisotopic (exact) mass is 554 g/mol. The zero-order valence-corrected chi connectivity index (χ0v) is 24.4. The van der Waals surface area contributed by atoms with Gasteiger partial charge in [-0.2, -0.15) is 0 Å². The Morgan fingerprint density at radius 1 is 1.05 bits per heavy atom. The molecule has 1 N–H and O–H groups in total. The minimum atomic E-state index is -3.35. The molecule has 0 saturated heterocycles. The highest BCUT2D eigenvalue weighted by atomic mass is 32.2. The van der Waals surface area contributed by atoms with Crippen molar-refractivity contribution in [1.29, 1.82) is 0 Å². The van der Waals surface area contributed by atoms with E-state index in [1.807, 2.05) is 12.1 Å². The van der Waals surface area contributed by atoms with Gasteiger partial charge in [-0.15, -0.1) is 0 Å². The molecular formula is C31H42N2O5S. The van der Waals surface area contributed by atoms with Gasteiger partial charge >= 0.3 is 5.97 Å². The molecule has 1 saturated carbocycles. The van der Waals surface area contributed by atoms with E-state index in [1.54, 1.807) is 19.1 Å². The Morgan fingerprint density at radius 2 is 1.74 bits per heavy atom. The normalized spacial score (nSPS) is 22.2. The van der Waals surface area contributed by atoms with Crippen molar-refractivity contribution in [2.45, 2.75) is 82.8 Å². The zero-order chi connectivity index (χ0) is 28.2. The lowest BCUT2D eigenvalue weighted by Crippen LogP contribution is -2.30. The van der Waals surface area contributed by atoms with Gasteiger partial charge in [0.2, 0.25) is 0 Å². The van der Waals surface area contributed by atoms with Gasteiger partial charge in [0.15, 0.2) is 9.84 Å². The molecule has 2 aliphatic rings. The molecule has 212 valence electrons. The summed E-state index contributed by atoms with van der Waals surface area (Å²) in [6.45, 7) is 8.13. The molecule has 1 aliphatic carbocycles. The van der Waals surface area contributed by atoms with E-state index in [1.165, 1.54) is 56.1 Å². The van der Waals surface area contributed by atoms with Gasteiger partial charge in [0.25, 0.3) is 5.91 Å². The second kappa shape index (κ2) is 12.6. The first-order chi connectivity index (χ1) is 18.6. The van der Waals surface area contributed by atoms with Crippen LogP contribution in [0.4, 0.5) is 0 Å².